The molecule has 0 heterocycles. The standard InChI is InChI=1S/C23H19Cl2N3O3/c1-15(29)27-19-8-6-18(7-9-19)23(30)28-26-13-16-3-2-4-20(11-16)31-14-17-5-10-21(24)22(25)12-17/h2-13H,14H2,1H3,(H,27,29)(H,28,30). The van der Waals surface area contributed by atoms with Crippen molar-refractivity contribution in [2.24, 2.45) is 5.10 Å². The van der Waals surface area contributed by atoms with Crippen molar-refractivity contribution >= 4 is 46.9 Å². The Morgan fingerprint density at radius 3 is 2.48 bits per heavy atom. The van der Waals surface area contributed by atoms with Crippen molar-refractivity contribution in [2.75, 3.05) is 5.32 Å². The molecule has 0 saturated carbocycles. The Morgan fingerprint density at radius 2 is 1.77 bits per heavy atom. The lowest BCUT2D eigenvalue weighted by atomic mass is 10.2. The third kappa shape index (κ3) is 6.84. The molecule has 3 aromatic carbocycles. The first-order chi connectivity index (χ1) is 14.9. The zero-order valence-electron chi connectivity index (χ0n) is 16.6. The molecule has 2 N–H and O–H groups in total. The first-order valence-corrected chi connectivity index (χ1v) is 10.0. The molecule has 0 aliphatic heterocycles. The fourth-order valence-corrected chi connectivity index (χ4v) is 2.94. The summed E-state index contributed by atoms with van der Waals surface area (Å²) in [5.41, 5.74) is 5.16. The molecule has 31 heavy (non-hydrogen) atoms. The summed E-state index contributed by atoms with van der Waals surface area (Å²) >= 11 is 11.9. The number of benzene rings is 3. The van der Waals surface area contributed by atoms with Gasteiger partial charge in [-0.15, -0.1) is 0 Å². The monoisotopic (exact) mass is 455 g/mol. The molecule has 0 saturated heterocycles. The zero-order chi connectivity index (χ0) is 22.2. The first-order valence-electron chi connectivity index (χ1n) is 9.28. The van der Waals surface area contributed by atoms with Crippen molar-refractivity contribution < 1.29 is 14.3 Å². The van der Waals surface area contributed by atoms with Gasteiger partial charge < -0.3 is 10.1 Å². The summed E-state index contributed by atoms with van der Waals surface area (Å²) < 4.78 is 5.78. The quantitative estimate of drug-likeness (QED) is 0.374. The maximum atomic E-state index is 12.2. The van der Waals surface area contributed by atoms with E-state index < -0.39 is 0 Å². The van der Waals surface area contributed by atoms with Crippen molar-refractivity contribution in [1.82, 2.24) is 5.43 Å². The minimum Gasteiger partial charge on any atom is -0.489 e. The lowest BCUT2D eigenvalue weighted by Crippen LogP contribution is -2.17. The summed E-state index contributed by atoms with van der Waals surface area (Å²) in [6.45, 7) is 1.76. The van der Waals surface area contributed by atoms with Crippen LogP contribution in [-0.4, -0.2) is 18.0 Å². The molecule has 0 aliphatic rings. The Balaban J connectivity index is 1.55. The summed E-state index contributed by atoms with van der Waals surface area (Å²) in [5.74, 6) is 0.109. The number of carbonyl (C=O) groups excluding carboxylic acids is 2. The summed E-state index contributed by atoms with van der Waals surface area (Å²) in [5, 5.41) is 7.60. The molecule has 0 atom stereocenters. The van der Waals surface area contributed by atoms with E-state index in [1.807, 2.05) is 24.3 Å². The number of hydrogen-bond acceptors (Lipinski definition) is 4. The molecule has 0 spiro atoms. The van der Waals surface area contributed by atoms with E-state index in [9.17, 15) is 9.59 Å². The van der Waals surface area contributed by atoms with Crippen LogP contribution in [0.1, 0.15) is 28.4 Å². The van der Waals surface area contributed by atoms with E-state index in [1.165, 1.54) is 13.1 Å². The van der Waals surface area contributed by atoms with Crippen molar-refractivity contribution in [3.05, 3.63) is 93.5 Å². The number of hydrogen-bond donors (Lipinski definition) is 2. The second-order valence-electron chi connectivity index (χ2n) is 6.57. The summed E-state index contributed by atoms with van der Waals surface area (Å²) in [6, 6.07) is 19.1. The van der Waals surface area contributed by atoms with Gasteiger partial charge in [-0.2, -0.15) is 5.10 Å². The summed E-state index contributed by atoms with van der Waals surface area (Å²) in [6.07, 6.45) is 1.52. The van der Waals surface area contributed by atoms with Crippen molar-refractivity contribution in [3.8, 4) is 5.75 Å². The second-order valence-corrected chi connectivity index (χ2v) is 7.38. The summed E-state index contributed by atoms with van der Waals surface area (Å²) in [7, 11) is 0. The molecular formula is C23H19Cl2N3O3. The van der Waals surface area contributed by atoms with Gasteiger partial charge in [-0.1, -0.05) is 41.4 Å². The van der Waals surface area contributed by atoms with Gasteiger partial charge in [0.2, 0.25) is 5.91 Å². The molecule has 0 aromatic heterocycles. The lowest BCUT2D eigenvalue weighted by molar-refractivity contribution is -0.114. The molecule has 3 aromatic rings. The van der Waals surface area contributed by atoms with E-state index in [4.69, 9.17) is 27.9 Å². The highest BCUT2D eigenvalue weighted by molar-refractivity contribution is 6.42. The molecule has 6 nitrogen and oxygen atoms in total. The normalized spacial score (nSPS) is 10.7. The zero-order valence-corrected chi connectivity index (χ0v) is 18.1. The van der Waals surface area contributed by atoms with Crippen LogP contribution in [-0.2, 0) is 11.4 Å². The van der Waals surface area contributed by atoms with E-state index >= 15 is 0 Å². The second kappa shape index (κ2) is 10.6. The predicted molar refractivity (Wildman–Crippen MR) is 123 cm³/mol. The van der Waals surface area contributed by atoms with Gasteiger partial charge in [0.1, 0.15) is 12.4 Å². The number of anilines is 1. The predicted octanol–water partition coefficient (Wildman–Crippen LogP) is 5.29. The van der Waals surface area contributed by atoms with Crippen LogP contribution < -0.4 is 15.5 Å². The Bertz CT molecular complexity index is 1120. The highest BCUT2D eigenvalue weighted by Crippen LogP contribution is 2.23. The lowest BCUT2D eigenvalue weighted by Gasteiger charge is -2.08. The number of halogens is 2. The number of carbonyl (C=O) groups is 2. The van der Waals surface area contributed by atoms with Gasteiger partial charge in [0.05, 0.1) is 16.3 Å². The van der Waals surface area contributed by atoms with Gasteiger partial charge in [-0.25, -0.2) is 5.43 Å². The molecule has 0 unspecified atom stereocenters. The number of amides is 2. The van der Waals surface area contributed by atoms with Crippen LogP contribution in [0.25, 0.3) is 0 Å². The maximum Gasteiger partial charge on any atom is 0.271 e. The van der Waals surface area contributed by atoms with Crippen LogP contribution in [0, 0.1) is 0 Å². The Hall–Kier alpha value is -3.35. The SMILES string of the molecule is CC(=O)Nc1ccc(C(=O)NN=Cc2cccc(OCc3ccc(Cl)c(Cl)c3)c2)cc1. The molecule has 2 amide bonds. The molecular weight excluding hydrogens is 437 g/mol. The third-order valence-corrected chi connectivity index (χ3v) is 4.83. The van der Waals surface area contributed by atoms with E-state index in [-0.39, 0.29) is 11.8 Å². The molecule has 158 valence electrons. The van der Waals surface area contributed by atoms with Crippen LogP contribution in [0.15, 0.2) is 71.8 Å². The van der Waals surface area contributed by atoms with Crippen LogP contribution in [0.2, 0.25) is 10.0 Å². The topological polar surface area (TPSA) is 79.8 Å². The Morgan fingerprint density at radius 1 is 1.00 bits per heavy atom. The van der Waals surface area contributed by atoms with Crippen LogP contribution >= 0.6 is 23.2 Å². The van der Waals surface area contributed by atoms with Crippen molar-refractivity contribution in [1.29, 1.82) is 0 Å². The van der Waals surface area contributed by atoms with Gasteiger partial charge in [0.25, 0.3) is 5.91 Å². The number of ether oxygens (including phenoxy) is 1. The fraction of sp³-hybridized carbons (Fsp3) is 0.0870. The molecule has 0 radical (unpaired) electrons. The Kier molecular flexibility index (Phi) is 7.65. The number of nitrogens with one attached hydrogen (secondary N) is 2. The van der Waals surface area contributed by atoms with E-state index in [1.54, 1.807) is 42.5 Å². The average molecular weight is 456 g/mol. The van der Waals surface area contributed by atoms with Gasteiger partial charge in [-0.3, -0.25) is 9.59 Å². The minimum atomic E-state index is -0.363. The number of nitrogens with zero attached hydrogens (tertiary/aromatic N) is 1. The van der Waals surface area contributed by atoms with Crippen LogP contribution in [0.4, 0.5) is 5.69 Å². The third-order valence-electron chi connectivity index (χ3n) is 4.09. The Labute approximate surface area is 189 Å². The largest absolute Gasteiger partial charge is 0.489 e. The van der Waals surface area contributed by atoms with Crippen molar-refractivity contribution in [2.45, 2.75) is 13.5 Å². The van der Waals surface area contributed by atoms with E-state index in [2.05, 4.69) is 15.8 Å². The first kappa shape index (κ1) is 22.3. The molecule has 0 bridgehead atoms. The minimum absolute atomic E-state index is 0.176. The van der Waals surface area contributed by atoms with Crippen LogP contribution in [0.3, 0.4) is 0 Å². The van der Waals surface area contributed by atoms with Gasteiger partial charge >= 0.3 is 0 Å². The fourth-order valence-electron chi connectivity index (χ4n) is 2.62. The van der Waals surface area contributed by atoms with Crippen LogP contribution in [0.5, 0.6) is 5.75 Å². The van der Waals surface area contributed by atoms with Gasteiger partial charge in [0.15, 0.2) is 0 Å². The average Bonchev–Trinajstić information content (AvgIpc) is 2.75. The highest BCUT2D eigenvalue weighted by Gasteiger charge is 2.05. The van der Waals surface area contributed by atoms with E-state index in [0.717, 1.165) is 11.1 Å². The smallest absolute Gasteiger partial charge is 0.271 e. The highest BCUT2D eigenvalue weighted by atomic mass is 35.5. The van der Waals surface area contributed by atoms with Gasteiger partial charge in [0, 0.05) is 18.2 Å². The van der Waals surface area contributed by atoms with Crippen molar-refractivity contribution in [3.63, 3.8) is 0 Å². The maximum absolute atomic E-state index is 12.2. The summed E-state index contributed by atoms with van der Waals surface area (Å²) in [4.78, 5) is 23.2. The van der Waals surface area contributed by atoms with E-state index in [0.29, 0.717) is 33.7 Å². The van der Waals surface area contributed by atoms with Gasteiger partial charge in [-0.05, 0) is 59.7 Å². The molecule has 8 heteroatoms. The molecule has 0 fully saturated rings. The number of rotatable bonds is 7. The number of hydrazone groups is 1. The molecule has 0 aliphatic carbocycles. The molecule has 3 rings (SSSR count).